The molecule has 0 spiro atoms. The average Bonchev–Trinajstić information content (AvgIpc) is 3.69. The van der Waals surface area contributed by atoms with Crippen molar-refractivity contribution in [2.45, 2.75) is 198 Å². The third kappa shape index (κ3) is 25.9. The fourth-order valence-corrected chi connectivity index (χ4v) is 7.41. The highest BCUT2D eigenvalue weighted by Crippen LogP contribution is 2.21. The number of likely N-dealkylation sites (tertiary alicyclic amines) is 1. The minimum absolute atomic E-state index is 0.0790. The van der Waals surface area contributed by atoms with Gasteiger partial charge in [0.2, 0.25) is 17.7 Å². The minimum Gasteiger partial charge on any atom is -0.481 e. The van der Waals surface area contributed by atoms with E-state index < -0.39 is 59.6 Å². The van der Waals surface area contributed by atoms with Crippen molar-refractivity contribution in [3.63, 3.8) is 0 Å². The van der Waals surface area contributed by atoms with Crippen LogP contribution in [0.1, 0.15) is 180 Å². The Hall–Kier alpha value is -4.08. The van der Waals surface area contributed by atoms with Crippen molar-refractivity contribution in [1.82, 2.24) is 15.5 Å². The first kappa shape index (κ1) is 52.9. The lowest BCUT2D eigenvalue weighted by Gasteiger charge is -2.25. The highest BCUT2D eigenvalue weighted by atomic mass is 16.5. The summed E-state index contributed by atoms with van der Waals surface area (Å²) in [6, 6.07) is -2.67. The van der Waals surface area contributed by atoms with Gasteiger partial charge in [-0.25, -0.2) is 9.59 Å². The van der Waals surface area contributed by atoms with Crippen molar-refractivity contribution in [3.05, 3.63) is 0 Å². The van der Waals surface area contributed by atoms with Crippen LogP contribution in [0.25, 0.3) is 0 Å². The monoisotopic (exact) mass is 839 g/mol. The Bertz CT molecular complexity index is 1300. The van der Waals surface area contributed by atoms with E-state index in [0.29, 0.717) is 45.1 Å². The van der Waals surface area contributed by atoms with Gasteiger partial charge in [0.1, 0.15) is 17.9 Å². The first-order valence-electron chi connectivity index (χ1n) is 22.2. The van der Waals surface area contributed by atoms with Crippen LogP contribution >= 0.6 is 0 Å². The van der Waals surface area contributed by atoms with Crippen LogP contribution in [0.3, 0.4) is 0 Å². The van der Waals surface area contributed by atoms with Gasteiger partial charge in [0.15, 0.2) is 0 Å². The highest BCUT2D eigenvalue weighted by Gasteiger charge is 2.36. The Morgan fingerprint density at radius 1 is 0.644 bits per heavy atom. The number of rotatable bonds is 37. The van der Waals surface area contributed by atoms with Gasteiger partial charge in [0, 0.05) is 45.2 Å². The average molecular weight is 839 g/mol. The molecule has 3 amide bonds. The van der Waals surface area contributed by atoms with E-state index in [1.807, 2.05) is 0 Å². The molecule has 0 aromatic rings. The summed E-state index contributed by atoms with van der Waals surface area (Å²) in [5, 5.41) is 33.1. The van der Waals surface area contributed by atoms with E-state index >= 15 is 0 Å². The predicted octanol–water partition coefficient (Wildman–Crippen LogP) is 5.66. The number of unbranched alkanes of at least 4 members (excludes halogenated alkanes) is 16. The molecular weight excluding hydrogens is 764 g/mol. The third-order valence-electron chi connectivity index (χ3n) is 11.0. The molecule has 1 heterocycles. The minimum atomic E-state index is -1.27. The molecule has 7 N–H and O–H groups in total. The molecule has 1 rings (SSSR count). The van der Waals surface area contributed by atoms with Gasteiger partial charge in [0.05, 0.1) is 19.1 Å². The maximum Gasteiger partial charge on any atom is 0.328 e. The molecule has 1 aliphatic heterocycles. The van der Waals surface area contributed by atoms with E-state index in [1.54, 1.807) is 0 Å². The number of carbonyl (C=O) groups excluding carboxylic acids is 5. The summed E-state index contributed by atoms with van der Waals surface area (Å²) in [5.74, 6) is -6.36. The van der Waals surface area contributed by atoms with Gasteiger partial charge in [0.25, 0.3) is 0 Å². The number of carboxylic acid groups (broad SMARTS) is 3. The molecule has 1 fully saturated rings. The normalized spacial score (nSPS) is 15.2. The lowest BCUT2D eigenvalue weighted by atomic mass is 9.94. The van der Waals surface area contributed by atoms with Crippen molar-refractivity contribution in [3.8, 4) is 0 Å². The maximum absolute atomic E-state index is 12.7. The summed E-state index contributed by atoms with van der Waals surface area (Å²) in [7, 11) is 1.28. The van der Waals surface area contributed by atoms with Crippen molar-refractivity contribution in [2.75, 3.05) is 20.2 Å². The van der Waals surface area contributed by atoms with E-state index in [-0.39, 0.29) is 63.3 Å². The molecule has 338 valence electrons. The highest BCUT2D eigenvalue weighted by molar-refractivity contribution is 5.88. The summed E-state index contributed by atoms with van der Waals surface area (Å²) in [6.45, 7) is 0.734. The predicted molar refractivity (Wildman–Crippen MR) is 221 cm³/mol. The number of carboxylic acids is 3. The van der Waals surface area contributed by atoms with E-state index in [4.69, 9.17) is 15.6 Å². The second kappa shape index (κ2) is 32.7. The van der Waals surface area contributed by atoms with Crippen LogP contribution < -0.4 is 16.4 Å². The second-order valence-electron chi connectivity index (χ2n) is 16.0. The molecule has 0 saturated carbocycles. The van der Waals surface area contributed by atoms with Crippen molar-refractivity contribution in [2.24, 2.45) is 11.7 Å². The lowest BCUT2D eigenvalue weighted by molar-refractivity contribution is -0.151. The fraction of sp³-hybridized carbons (Fsp3) is 0.814. The molecule has 0 aliphatic carbocycles. The number of carbonyl (C=O) groups is 8. The van der Waals surface area contributed by atoms with Crippen LogP contribution in [-0.4, -0.2) is 106 Å². The number of nitrogens with two attached hydrogens (primary N) is 1. The van der Waals surface area contributed by atoms with E-state index in [9.17, 15) is 48.6 Å². The van der Waals surface area contributed by atoms with Crippen LogP contribution in [0.5, 0.6) is 0 Å². The molecule has 16 heteroatoms. The second-order valence-corrected chi connectivity index (χ2v) is 16.0. The molecule has 0 aromatic carbocycles. The van der Waals surface area contributed by atoms with Crippen molar-refractivity contribution >= 4 is 47.4 Å². The van der Waals surface area contributed by atoms with E-state index in [1.165, 1.54) is 63.4 Å². The number of nitrogens with zero attached hydrogens (tertiary/aromatic N) is 1. The first-order valence-corrected chi connectivity index (χ1v) is 22.2. The van der Waals surface area contributed by atoms with Gasteiger partial charge in [-0.2, -0.15) is 0 Å². The molecule has 0 aromatic heterocycles. The molecule has 16 nitrogen and oxygen atoms in total. The quantitative estimate of drug-likeness (QED) is 0.0326. The number of aliphatic carboxylic acids is 3. The number of esters is 1. The third-order valence-corrected chi connectivity index (χ3v) is 11.0. The Kier molecular flexibility index (Phi) is 29.4. The lowest BCUT2D eigenvalue weighted by Crippen LogP contribution is -2.48. The number of amides is 3. The van der Waals surface area contributed by atoms with Crippen molar-refractivity contribution in [1.29, 1.82) is 0 Å². The zero-order chi connectivity index (χ0) is 43.8. The summed E-state index contributed by atoms with van der Waals surface area (Å²) in [4.78, 5) is 97.6. The molecule has 0 bridgehead atoms. The number of Topliss-reactive ketones (excluding diaryl/α,β-unsaturated/α-hetero) is 1. The Balaban J connectivity index is 2.16. The van der Waals surface area contributed by atoms with Gasteiger partial charge in [-0.3, -0.25) is 28.8 Å². The largest absolute Gasteiger partial charge is 0.481 e. The van der Waals surface area contributed by atoms with Gasteiger partial charge in [-0.15, -0.1) is 0 Å². The SMILES string of the molecule is COC(=O)[C@@H]1CCCN1C(=O)[C@@H](N)CCCCNC(=O)CC[C@H](CC(=O)CC[C@H](NC(=O)CCCCCCCCCCCCCCCCCCC(=O)O)C(=O)O)C(=O)O. The maximum atomic E-state index is 12.7. The van der Waals surface area contributed by atoms with Crippen LogP contribution in [0.4, 0.5) is 0 Å². The van der Waals surface area contributed by atoms with Gasteiger partial charge < -0.3 is 41.3 Å². The van der Waals surface area contributed by atoms with Gasteiger partial charge >= 0.3 is 23.9 Å². The molecule has 0 radical (unpaired) electrons. The number of ether oxygens (including phenoxy) is 1. The number of hydrogen-bond donors (Lipinski definition) is 6. The van der Waals surface area contributed by atoms with Crippen molar-refractivity contribution < 1.29 is 58.4 Å². The summed E-state index contributed by atoms with van der Waals surface area (Å²) < 4.78 is 4.77. The fourth-order valence-electron chi connectivity index (χ4n) is 7.41. The van der Waals surface area contributed by atoms with Gasteiger partial charge in [-0.1, -0.05) is 89.9 Å². The van der Waals surface area contributed by atoms with Crippen LogP contribution in [0, 0.1) is 5.92 Å². The smallest absolute Gasteiger partial charge is 0.328 e. The van der Waals surface area contributed by atoms with Gasteiger partial charge in [-0.05, 0) is 57.8 Å². The zero-order valence-corrected chi connectivity index (χ0v) is 35.6. The Morgan fingerprint density at radius 2 is 1.19 bits per heavy atom. The molecule has 59 heavy (non-hydrogen) atoms. The van der Waals surface area contributed by atoms with Crippen LogP contribution in [0.15, 0.2) is 0 Å². The molecule has 1 saturated heterocycles. The molecule has 1 aliphatic rings. The first-order chi connectivity index (χ1) is 28.3. The van der Waals surface area contributed by atoms with E-state index in [0.717, 1.165) is 44.9 Å². The number of methoxy groups -OCH3 is 1. The number of nitrogens with one attached hydrogen (secondary N) is 2. The molecule has 0 unspecified atom stereocenters. The summed E-state index contributed by atoms with van der Waals surface area (Å²) in [5.41, 5.74) is 6.06. The number of ketones is 1. The molecule has 4 atom stereocenters. The van der Waals surface area contributed by atoms with Crippen LogP contribution in [-0.2, 0) is 43.1 Å². The van der Waals surface area contributed by atoms with E-state index in [2.05, 4.69) is 10.6 Å². The standard InChI is InChI=1S/C43H74N4O12/c1-59-43(58)36-22-20-30-47(36)40(53)34(44)21-18-19-29-45-37(49)28-25-32(41(54)55)31-33(48)26-27-35(42(56)57)46-38(50)23-16-14-12-10-8-6-4-2-3-5-7-9-11-13-15-17-24-39(51)52/h32,34-36H,2-31,44H2,1H3,(H,45,49)(H,46,50)(H,51,52)(H,54,55)(H,56,57)/t32-,34+,35+,36+/m1/s1. The Labute approximate surface area is 350 Å². The topological polar surface area (TPSA) is 260 Å². The Morgan fingerprint density at radius 3 is 1.69 bits per heavy atom. The summed E-state index contributed by atoms with van der Waals surface area (Å²) >= 11 is 0. The van der Waals surface area contributed by atoms with Crippen LogP contribution in [0.2, 0.25) is 0 Å². The number of hydrogen-bond acceptors (Lipinski definition) is 10. The summed E-state index contributed by atoms with van der Waals surface area (Å²) in [6.07, 6.45) is 19.6. The molecular formula is C43H74N4O12. The zero-order valence-electron chi connectivity index (χ0n) is 35.6.